The molecule has 2 aromatic carbocycles. The lowest BCUT2D eigenvalue weighted by Crippen LogP contribution is -2.21. The average Bonchev–Trinajstić information content (AvgIpc) is 2.89. The van der Waals surface area contributed by atoms with Crippen molar-refractivity contribution in [3.05, 3.63) is 59.1 Å². The second-order valence-electron chi connectivity index (χ2n) is 5.10. The van der Waals surface area contributed by atoms with Gasteiger partial charge in [0, 0.05) is 19.0 Å². The number of hydrogen-bond acceptors (Lipinski definition) is 4. The number of para-hydroxylation sites is 1. The van der Waals surface area contributed by atoms with Crippen LogP contribution >= 0.6 is 11.3 Å². The van der Waals surface area contributed by atoms with Gasteiger partial charge in [-0.3, -0.25) is 0 Å². The summed E-state index contributed by atoms with van der Waals surface area (Å²) >= 11 is 1.76. The largest absolute Gasteiger partial charge is 0.508 e. The summed E-state index contributed by atoms with van der Waals surface area (Å²) in [4.78, 5) is 4.63. The molecule has 0 saturated carbocycles. The van der Waals surface area contributed by atoms with Crippen LogP contribution in [-0.4, -0.2) is 16.6 Å². The molecule has 3 aromatic rings. The smallest absolute Gasteiger partial charge is 0.115 e. The number of nitrogens with zero attached hydrogens (tertiary/aromatic N) is 1. The molecule has 0 amide bonds. The van der Waals surface area contributed by atoms with Crippen LogP contribution in [0.3, 0.4) is 0 Å². The van der Waals surface area contributed by atoms with Crippen molar-refractivity contribution in [2.45, 2.75) is 19.4 Å². The van der Waals surface area contributed by atoms with Crippen molar-refractivity contribution in [3.63, 3.8) is 0 Å². The monoisotopic (exact) mass is 298 g/mol. The highest BCUT2D eigenvalue weighted by atomic mass is 32.1. The molecule has 0 spiro atoms. The topological polar surface area (TPSA) is 45.2 Å². The van der Waals surface area contributed by atoms with E-state index in [-0.39, 0.29) is 6.04 Å². The molecule has 2 N–H and O–H groups in total. The zero-order chi connectivity index (χ0) is 14.7. The molecule has 21 heavy (non-hydrogen) atoms. The molecule has 0 aliphatic heterocycles. The second-order valence-corrected chi connectivity index (χ2v) is 6.21. The Kier molecular flexibility index (Phi) is 4.18. The van der Waals surface area contributed by atoms with Crippen LogP contribution in [0.15, 0.2) is 48.5 Å². The number of aromatic hydroxyl groups is 1. The normalized spacial score (nSPS) is 12.6. The van der Waals surface area contributed by atoms with Crippen molar-refractivity contribution >= 4 is 21.6 Å². The van der Waals surface area contributed by atoms with Gasteiger partial charge >= 0.3 is 0 Å². The first kappa shape index (κ1) is 14.0. The number of phenols is 1. The number of thiazole rings is 1. The quantitative estimate of drug-likeness (QED) is 0.751. The second kappa shape index (κ2) is 6.24. The Bertz CT molecular complexity index is 705. The van der Waals surface area contributed by atoms with Gasteiger partial charge in [0.15, 0.2) is 0 Å². The van der Waals surface area contributed by atoms with Gasteiger partial charge in [0.05, 0.1) is 15.2 Å². The maximum absolute atomic E-state index is 9.51. The van der Waals surface area contributed by atoms with Gasteiger partial charge in [-0.2, -0.15) is 0 Å². The minimum Gasteiger partial charge on any atom is -0.508 e. The summed E-state index contributed by atoms with van der Waals surface area (Å²) < 4.78 is 1.24. The Balaban J connectivity index is 1.58. The van der Waals surface area contributed by atoms with Crippen LogP contribution in [0.4, 0.5) is 0 Å². The molecule has 0 fully saturated rings. The Morgan fingerprint density at radius 3 is 2.86 bits per heavy atom. The molecule has 1 aromatic heterocycles. The molecule has 1 heterocycles. The highest BCUT2D eigenvalue weighted by Crippen LogP contribution is 2.22. The standard InChI is InChI=1S/C17H18N2OS/c1-12(13-5-4-6-14(20)11-13)18-10-9-17-19-15-7-2-3-8-16(15)21-17/h2-8,11-12,18,20H,9-10H2,1H3. The Hall–Kier alpha value is -1.91. The van der Waals surface area contributed by atoms with Crippen molar-refractivity contribution in [1.29, 1.82) is 0 Å². The first-order chi connectivity index (χ1) is 10.2. The van der Waals surface area contributed by atoms with Crippen LogP contribution < -0.4 is 5.32 Å². The van der Waals surface area contributed by atoms with Crippen LogP contribution in [-0.2, 0) is 6.42 Å². The van der Waals surface area contributed by atoms with Crippen LogP contribution in [0.25, 0.3) is 10.2 Å². The highest BCUT2D eigenvalue weighted by Gasteiger charge is 2.07. The van der Waals surface area contributed by atoms with Gasteiger partial charge in [-0.05, 0) is 36.8 Å². The van der Waals surface area contributed by atoms with Crippen LogP contribution in [0.5, 0.6) is 5.75 Å². The first-order valence-electron chi connectivity index (χ1n) is 7.09. The van der Waals surface area contributed by atoms with Crippen molar-refractivity contribution in [2.24, 2.45) is 0 Å². The molecule has 0 saturated heterocycles. The van der Waals surface area contributed by atoms with Gasteiger partial charge in [0.1, 0.15) is 5.75 Å². The maximum atomic E-state index is 9.51. The molecule has 0 bridgehead atoms. The Morgan fingerprint density at radius 1 is 1.19 bits per heavy atom. The van der Waals surface area contributed by atoms with Crippen molar-refractivity contribution < 1.29 is 5.11 Å². The molecule has 1 atom stereocenters. The Morgan fingerprint density at radius 2 is 2.05 bits per heavy atom. The third-order valence-electron chi connectivity index (χ3n) is 3.50. The van der Waals surface area contributed by atoms with E-state index in [9.17, 15) is 5.11 Å². The van der Waals surface area contributed by atoms with E-state index in [4.69, 9.17) is 0 Å². The molecule has 0 aliphatic carbocycles. The first-order valence-corrected chi connectivity index (χ1v) is 7.91. The van der Waals surface area contributed by atoms with Crippen molar-refractivity contribution in [3.8, 4) is 5.75 Å². The number of rotatable bonds is 5. The van der Waals surface area contributed by atoms with E-state index >= 15 is 0 Å². The highest BCUT2D eigenvalue weighted by molar-refractivity contribution is 7.18. The summed E-state index contributed by atoms with van der Waals surface area (Å²) in [6, 6.07) is 15.8. The minimum absolute atomic E-state index is 0.214. The lowest BCUT2D eigenvalue weighted by molar-refractivity contribution is 0.472. The molecular weight excluding hydrogens is 280 g/mol. The van der Waals surface area contributed by atoms with Gasteiger partial charge in [-0.25, -0.2) is 4.98 Å². The summed E-state index contributed by atoms with van der Waals surface area (Å²) in [5.41, 5.74) is 2.18. The summed E-state index contributed by atoms with van der Waals surface area (Å²) in [6.07, 6.45) is 0.919. The molecule has 0 radical (unpaired) electrons. The van der Waals surface area contributed by atoms with E-state index in [0.717, 1.165) is 29.1 Å². The molecule has 0 aliphatic rings. The van der Waals surface area contributed by atoms with E-state index in [2.05, 4.69) is 29.4 Å². The van der Waals surface area contributed by atoms with Gasteiger partial charge in [-0.15, -0.1) is 11.3 Å². The van der Waals surface area contributed by atoms with Crippen LogP contribution in [0.2, 0.25) is 0 Å². The van der Waals surface area contributed by atoms with Gasteiger partial charge in [-0.1, -0.05) is 24.3 Å². The number of benzene rings is 2. The number of hydrogen-bond donors (Lipinski definition) is 2. The minimum atomic E-state index is 0.214. The molecule has 3 rings (SSSR count). The molecular formula is C17H18N2OS. The Labute approximate surface area is 128 Å². The molecule has 3 nitrogen and oxygen atoms in total. The molecule has 1 unspecified atom stereocenters. The van der Waals surface area contributed by atoms with Gasteiger partial charge < -0.3 is 10.4 Å². The number of aromatic nitrogens is 1. The molecule has 108 valence electrons. The fourth-order valence-corrected chi connectivity index (χ4v) is 3.30. The predicted octanol–water partition coefficient (Wildman–Crippen LogP) is 3.90. The fraction of sp³-hybridized carbons (Fsp3) is 0.235. The van der Waals surface area contributed by atoms with E-state index in [0.29, 0.717) is 5.75 Å². The number of nitrogens with one attached hydrogen (secondary N) is 1. The number of phenolic OH excluding ortho intramolecular Hbond substituents is 1. The van der Waals surface area contributed by atoms with Gasteiger partial charge in [0.2, 0.25) is 0 Å². The van der Waals surface area contributed by atoms with Gasteiger partial charge in [0.25, 0.3) is 0 Å². The van der Waals surface area contributed by atoms with E-state index in [1.165, 1.54) is 4.70 Å². The average molecular weight is 298 g/mol. The van der Waals surface area contributed by atoms with E-state index in [1.54, 1.807) is 23.5 Å². The van der Waals surface area contributed by atoms with E-state index < -0.39 is 0 Å². The summed E-state index contributed by atoms with van der Waals surface area (Å²) in [7, 11) is 0. The van der Waals surface area contributed by atoms with E-state index in [1.807, 2.05) is 24.3 Å². The van der Waals surface area contributed by atoms with Crippen LogP contribution in [0, 0.1) is 0 Å². The zero-order valence-corrected chi connectivity index (χ0v) is 12.7. The lowest BCUT2D eigenvalue weighted by atomic mass is 10.1. The van der Waals surface area contributed by atoms with Crippen molar-refractivity contribution in [2.75, 3.05) is 6.54 Å². The summed E-state index contributed by atoms with van der Waals surface area (Å²) in [5, 5.41) is 14.1. The predicted molar refractivity (Wildman–Crippen MR) is 87.8 cm³/mol. The summed E-state index contributed by atoms with van der Waals surface area (Å²) in [6.45, 7) is 2.98. The number of fused-ring (bicyclic) bond motifs is 1. The third kappa shape index (κ3) is 3.40. The maximum Gasteiger partial charge on any atom is 0.115 e. The zero-order valence-electron chi connectivity index (χ0n) is 11.9. The molecule has 4 heteroatoms. The van der Waals surface area contributed by atoms with Crippen molar-refractivity contribution in [1.82, 2.24) is 10.3 Å². The SMILES string of the molecule is CC(NCCc1nc2ccccc2s1)c1cccc(O)c1. The fourth-order valence-electron chi connectivity index (χ4n) is 2.33. The third-order valence-corrected chi connectivity index (χ3v) is 4.59. The summed E-state index contributed by atoms with van der Waals surface area (Å²) in [5.74, 6) is 0.312. The lowest BCUT2D eigenvalue weighted by Gasteiger charge is -2.13. The van der Waals surface area contributed by atoms with Crippen LogP contribution in [0.1, 0.15) is 23.5 Å².